The molecule has 0 aliphatic carbocycles. The number of aryl methyl sites for hydroxylation is 2. The van der Waals surface area contributed by atoms with Crippen LogP contribution in [-0.4, -0.2) is 10.9 Å². The minimum Gasteiger partial charge on any atom is -0.436 e. The zero-order valence-corrected chi connectivity index (χ0v) is 15.8. The number of rotatable bonds is 4. The number of amides is 1. The molecule has 0 saturated carbocycles. The van der Waals surface area contributed by atoms with Crippen molar-refractivity contribution in [3.8, 4) is 11.5 Å². The molecular formula is C24H20N2O2. The highest BCUT2D eigenvalue weighted by molar-refractivity contribution is 6.02. The molecule has 1 amide bonds. The third-order valence-electron chi connectivity index (χ3n) is 4.64. The molecule has 4 rings (SSSR count). The molecule has 4 heteroatoms. The molecule has 28 heavy (non-hydrogen) atoms. The largest absolute Gasteiger partial charge is 0.436 e. The lowest BCUT2D eigenvalue weighted by atomic mass is 10.1. The zero-order chi connectivity index (χ0) is 19.5. The van der Waals surface area contributed by atoms with E-state index in [1.165, 1.54) is 17.2 Å². The summed E-state index contributed by atoms with van der Waals surface area (Å²) in [5, 5.41) is 2.86. The molecule has 0 saturated heterocycles. The summed E-state index contributed by atoms with van der Waals surface area (Å²) >= 11 is 0. The minimum atomic E-state index is -0.193. The summed E-state index contributed by atoms with van der Waals surface area (Å²) in [5.41, 5.74) is 6.41. The highest BCUT2D eigenvalue weighted by Gasteiger charge is 2.10. The van der Waals surface area contributed by atoms with Crippen LogP contribution in [-0.2, 0) is 4.79 Å². The smallest absolute Gasteiger partial charge is 0.248 e. The Kier molecular flexibility index (Phi) is 4.77. The number of nitrogens with one attached hydrogen (secondary N) is 1. The van der Waals surface area contributed by atoms with Crippen molar-refractivity contribution in [3.63, 3.8) is 0 Å². The van der Waals surface area contributed by atoms with Crippen LogP contribution in [0.1, 0.15) is 16.7 Å². The van der Waals surface area contributed by atoms with E-state index in [4.69, 9.17) is 4.42 Å². The summed E-state index contributed by atoms with van der Waals surface area (Å²) in [6, 6.07) is 21.3. The Morgan fingerprint density at radius 1 is 0.964 bits per heavy atom. The lowest BCUT2D eigenvalue weighted by molar-refractivity contribution is -0.111. The molecule has 0 bridgehead atoms. The fourth-order valence-corrected chi connectivity index (χ4v) is 2.92. The van der Waals surface area contributed by atoms with E-state index in [0.29, 0.717) is 22.7 Å². The van der Waals surface area contributed by atoms with Gasteiger partial charge in [-0.3, -0.25) is 4.79 Å². The molecule has 0 unspecified atom stereocenters. The molecule has 1 heterocycles. The number of aromatic nitrogens is 1. The van der Waals surface area contributed by atoms with Crippen LogP contribution in [0.15, 0.2) is 77.2 Å². The second-order valence-corrected chi connectivity index (χ2v) is 6.73. The second kappa shape index (κ2) is 7.53. The molecule has 4 aromatic rings. The Labute approximate surface area is 163 Å². The van der Waals surface area contributed by atoms with Gasteiger partial charge in [0, 0.05) is 17.3 Å². The van der Waals surface area contributed by atoms with Crippen LogP contribution in [0, 0.1) is 13.8 Å². The van der Waals surface area contributed by atoms with Gasteiger partial charge in [0.05, 0.1) is 0 Å². The van der Waals surface area contributed by atoms with E-state index in [2.05, 4.69) is 36.3 Å². The Morgan fingerprint density at radius 3 is 2.57 bits per heavy atom. The molecule has 1 aromatic heterocycles. The molecule has 3 aromatic carbocycles. The third-order valence-corrected chi connectivity index (χ3v) is 4.64. The predicted octanol–water partition coefficient (Wildman–Crippen LogP) is 5.76. The van der Waals surface area contributed by atoms with Crippen LogP contribution in [0.5, 0.6) is 0 Å². The number of benzene rings is 3. The van der Waals surface area contributed by atoms with Gasteiger partial charge in [-0.1, -0.05) is 36.4 Å². The molecule has 0 radical (unpaired) electrons. The molecule has 4 nitrogen and oxygen atoms in total. The van der Waals surface area contributed by atoms with Gasteiger partial charge < -0.3 is 9.73 Å². The first-order chi connectivity index (χ1) is 13.6. The van der Waals surface area contributed by atoms with E-state index < -0.39 is 0 Å². The third kappa shape index (κ3) is 3.86. The average molecular weight is 368 g/mol. The molecule has 0 atom stereocenters. The van der Waals surface area contributed by atoms with Gasteiger partial charge in [0.1, 0.15) is 5.52 Å². The van der Waals surface area contributed by atoms with Gasteiger partial charge in [0.15, 0.2) is 5.58 Å². The highest BCUT2D eigenvalue weighted by atomic mass is 16.3. The first-order valence-corrected chi connectivity index (χ1v) is 9.11. The van der Waals surface area contributed by atoms with Gasteiger partial charge in [-0.25, -0.2) is 4.98 Å². The summed E-state index contributed by atoms with van der Waals surface area (Å²) < 4.78 is 5.88. The quantitative estimate of drug-likeness (QED) is 0.466. The van der Waals surface area contributed by atoms with Gasteiger partial charge >= 0.3 is 0 Å². The lowest BCUT2D eigenvalue weighted by Crippen LogP contribution is -2.07. The average Bonchev–Trinajstić information content (AvgIpc) is 3.13. The number of oxazole rings is 1. The Morgan fingerprint density at radius 2 is 1.79 bits per heavy atom. The van der Waals surface area contributed by atoms with Crippen LogP contribution in [0.2, 0.25) is 0 Å². The summed E-state index contributed by atoms with van der Waals surface area (Å²) in [4.78, 5) is 16.8. The Balaban J connectivity index is 1.53. The van der Waals surface area contributed by atoms with Gasteiger partial charge in [-0.2, -0.15) is 0 Å². The van der Waals surface area contributed by atoms with Crippen LogP contribution in [0.25, 0.3) is 28.6 Å². The lowest BCUT2D eigenvalue weighted by Gasteiger charge is -2.01. The van der Waals surface area contributed by atoms with Crippen LogP contribution < -0.4 is 5.32 Å². The second-order valence-electron chi connectivity index (χ2n) is 6.73. The van der Waals surface area contributed by atoms with E-state index in [1.54, 1.807) is 6.08 Å². The molecular weight excluding hydrogens is 348 g/mol. The maximum absolute atomic E-state index is 12.2. The normalized spacial score (nSPS) is 11.2. The first-order valence-electron chi connectivity index (χ1n) is 9.11. The van der Waals surface area contributed by atoms with Crippen LogP contribution >= 0.6 is 0 Å². The molecule has 0 aliphatic rings. The van der Waals surface area contributed by atoms with E-state index in [9.17, 15) is 4.79 Å². The maximum Gasteiger partial charge on any atom is 0.248 e. The molecule has 0 aliphatic heterocycles. The fraction of sp³-hybridized carbons (Fsp3) is 0.0833. The molecule has 1 N–H and O–H groups in total. The first kappa shape index (κ1) is 17.7. The van der Waals surface area contributed by atoms with Gasteiger partial charge in [0.25, 0.3) is 0 Å². The van der Waals surface area contributed by atoms with Crippen molar-refractivity contribution < 1.29 is 9.21 Å². The van der Waals surface area contributed by atoms with Crippen molar-refractivity contribution in [2.24, 2.45) is 0 Å². The van der Waals surface area contributed by atoms with E-state index in [-0.39, 0.29) is 5.91 Å². The number of fused-ring (bicyclic) bond motifs is 1. The van der Waals surface area contributed by atoms with Crippen molar-refractivity contribution in [2.75, 3.05) is 5.32 Å². The number of nitrogens with zero attached hydrogens (tertiary/aromatic N) is 1. The van der Waals surface area contributed by atoms with Crippen molar-refractivity contribution in [2.45, 2.75) is 13.8 Å². The number of carbonyl (C=O) groups is 1. The Bertz CT molecular complexity index is 1170. The van der Waals surface area contributed by atoms with Crippen molar-refractivity contribution in [3.05, 3.63) is 89.5 Å². The number of carbonyl (C=O) groups excluding carboxylic acids is 1. The number of anilines is 1. The van der Waals surface area contributed by atoms with Crippen LogP contribution in [0.4, 0.5) is 5.69 Å². The number of hydrogen-bond acceptors (Lipinski definition) is 3. The summed E-state index contributed by atoms with van der Waals surface area (Å²) in [6.45, 7) is 4.14. The summed E-state index contributed by atoms with van der Waals surface area (Å²) in [6.07, 6.45) is 3.30. The standard InChI is InChI=1S/C24H20N2O2/c1-16-8-10-19(14-17(16)2)24-26-21-15-20(11-12-22(21)28-24)25-23(27)13-9-18-6-4-3-5-7-18/h3-15H,1-2H3,(H,25,27). The molecule has 0 spiro atoms. The molecule has 138 valence electrons. The maximum atomic E-state index is 12.2. The fourth-order valence-electron chi connectivity index (χ4n) is 2.92. The van der Waals surface area contributed by atoms with E-state index >= 15 is 0 Å². The van der Waals surface area contributed by atoms with Gasteiger partial charge in [0.2, 0.25) is 11.8 Å². The monoisotopic (exact) mass is 368 g/mol. The highest BCUT2D eigenvalue weighted by Crippen LogP contribution is 2.27. The van der Waals surface area contributed by atoms with Crippen molar-refractivity contribution in [1.29, 1.82) is 0 Å². The van der Waals surface area contributed by atoms with Crippen molar-refractivity contribution >= 4 is 28.8 Å². The zero-order valence-electron chi connectivity index (χ0n) is 15.8. The van der Waals surface area contributed by atoms with E-state index in [0.717, 1.165) is 11.1 Å². The number of hydrogen-bond donors (Lipinski definition) is 1. The summed E-state index contributed by atoms with van der Waals surface area (Å²) in [5.74, 6) is 0.381. The Hall–Kier alpha value is -3.66. The SMILES string of the molecule is Cc1ccc(-c2nc3cc(NC(=O)C=Cc4ccccc4)ccc3o2)cc1C. The topological polar surface area (TPSA) is 55.1 Å². The molecule has 0 fully saturated rings. The minimum absolute atomic E-state index is 0.193. The van der Waals surface area contributed by atoms with Gasteiger partial charge in [-0.05, 0) is 66.9 Å². The summed E-state index contributed by atoms with van der Waals surface area (Å²) in [7, 11) is 0. The predicted molar refractivity (Wildman–Crippen MR) is 113 cm³/mol. The van der Waals surface area contributed by atoms with Crippen molar-refractivity contribution in [1.82, 2.24) is 4.98 Å². The van der Waals surface area contributed by atoms with E-state index in [1.807, 2.05) is 54.6 Å². The van der Waals surface area contributed by atoms with Gasteiger partial charge in [-0.15, -0.1) is 0 Å². The van der Waals surface area contributed by atoms with Crippen LogP contribution in [0.3, 0.4) is 0 Å².